The molecule has 0 radical (unpaired) electrons. The van der Waals surface area contributed by atoms with E-state index in [4.69, 9.17) is 33.0 Å². The standard InChI is InChI=1S/C21H24Cl2N4O5/c1-2-32-18-8-7-15(9-17(18)23)24-19-25-20(30)27(11-16(29)12-28)21(31)26(19)10-13-3-5-14(22)6-4-13/h3,5-9,13,16,28-29H,2,4,10-12H2,1H3,(H,24,25,30)/t13?,16-/m0/s1. The van der Waals surface area contributed by atoms with Crippen LogP contribution in [0.2, 0.25) is 5.02 Å². The third-order valence-corrected chi connectivity index (χ3v) is 5.37. The number of halogens is 2. The molecular formula is C21H24Cl2N4O5. The fourth-order valence-electron chi connectivity index (χ4n) is 3.20. The molecule has 0 saturated carbocycles. The topological polar surface area (TPSA) is 122 Å². The Balaban J connectivity index is 2.10. The van der Waals surface area contributed by atoms with Gasteiger partial charge in [-0.05, 0) is 43.5 Å². The number of rotatable bonds is 8. The number of nitrogens with zero attached hydrogens (tertiary/aromatic N) is 3. The first-order chi connectivity index (χ1) is 15.3. The van der Waals surface area contributed by atoms with Crippen molar-refractivity contribution in [2.45, 2.75) is 32.5 Å². The number of H-pyrrole nitrogens is 1. The van der Waals surface area contributed by atoms with Crippen LogP contribution in [-0.4, -0.2) is 43.6 Å². The molecule has 0 saturated heterocycles. The number of aliphatic hydroxyl groups excluding tert-OH is 2. The lowest BCUT2D eigenvalue weighted by Gasteiger charge is -2.17. The van der Waals surface area contributed by atoms with Crippen molar-refractivity contribution < 1.29 is 14.9 Å². The quantitative estimate of drug-likeness (QED) is 0.528. The van der Waals surface area contributed by atoms with E-state index < -0.39 is 24.1 Å². The van der Waals surface area contributed by atoms with Gasteiger partial charge in [-0.2, -0.15) is 0 Å². The fourth-order valence-corrected chi connectivity index (χ4v) is 3.59. The summed E-state index contributed by atoms with van der Waals surface area (Å²) < 4.78 is 7.57. The van der Waals surface area contributed by atoms with Crippen molar-refractivity contribution in [3.8, 4) is 5.75 Å². The van der Waals surface area contributed by atoms with Crippen LogP contribution in [0.25, 0.3) is 0 Å². The first kappa shape index (κ1) is 24.1. The van der Waals surface area contributed by atoms with Crippen LogP contribution in [0.15, 0.2) is 56.0 Å². The summed E-state index contributed by atoms with van der Waals surface area (Å²) in [6.45, 7) is 1.57. The minimum atomic E-state index is -1.26. The summed E-state index contributed by atoms with van der Waals surface area (Å²) in [6, 6.07) is 4.88. The van der Waals surface area contributed by atoms with Crippen molar-refractivity contribution in [1.82, 2.24) is 14.1 Å². The Morgan fingerprint density at radius 1 is 1.31 bits per heavy atom. The third kappa shape index (κ3) is 5.80. The highest BCUT2D eigenvalue weighted by Crippen LogP contribution is 2.28. The van der Waals surface area contributed by atoms with Gasteiger partial charge in [0.2, 0.25) is 5.62 Å². The van der Waals surface area contributed by atoms with Crippen molar-refractivity contribution >= 4 is 28.9 Å². The molecule has 0 fully saturated rings. The predicted octanol–water partition coefficient (Wildman–Crippen LogP) is 1.67. The fraction of sp³-hybridized carbons (Fsp3) is 0.381. The molecule has 1 heterocycles. The molecular weight excluding hydrogens is 459 g/mol. The van der Waals surface area contributed by atoms with Crippen molar-refractivity contribution in [1.29, 1.82) is 0 Å². The van der Waals surface area contributed by atoms with Gasteiger partial charge in [0.05, 0.1) is 36.6 Å². The Hall–Kier alpha value is -2.59. The van der Waals surface area contributed by atoms with E-state index in [1.165, 1.54) is 4.57 Å². The average Bonchev–Trinajstić information content (AvgIpc) is 2.77. The van der Waals surface area contributed by atoms with E-state index in [1.54, 1.807) is 24.3 Å². The van der Waals surface area contributed by atoms with Gasteiger partial charge in [-0.15, -0.1) is 0 Å². The molecule has 11 heteroatoms. The van der Waals surface area contributed by atoms with Crippen molar-refractivity contribution in [3.05, 3.63) is 73.1 Å². The van der Waals surface area contributed by atoms with Crippen LogP contribution >= 0.6 is 23.2 Å². The summed E-state index contributed by atoms with van der Waals surface area (Å²) in [5.74, 6) is 0.439. The van der Waals surface area contributed by atoms with Gasteiger partial charge in [0.25, 0.3) is 0 Å². The maximum absolute atomic E-state index is 13.1. The zero-order valence-electron chi connectivity index (χ0n) is 17.4. The van der Waals surface area contributed by atoms with Gasteiger partial charge in [-0.25, -0.2) is 19.1 Å². The second kappa shape index (κ2) is 10.8. The molecule has 172 valence electrons. The lowest BCUT2D eigenvalue weighted by atomic mass is 10.0. The Bertz CT molecular complexity index is 1210. The van der Waals surface area contributed by atoms with Crippen molar-refractivity contribution in [2.75, 3.05) is 13.2 Å². The highest BCUT2D eigenvalue weighted by Gasteiger charge is 2.16. The molecule has 3 N–H and O–H groups in total. The lowest BCUT2D eigenvalue weighted by molar-refractivity contribution is 0.0782. The summed E-state index contributed by atoms with van der Waals surface area (Å²) in [6.07, 6.45) is 4.82. The van der Waals surface area contributed by atoms with Crippen LogP contribution in [0.4, 0.5) is 5.69 Å². The molecule has 2 atom stereocenters. The number of hydrogen-bond acceptors (Lipinski definition) is 6. The monoisotopic (exact) mass is 482 g/mol. The normalized spacial score (nSPS) is 17.3. The SMILES string of the molecule is CCOc1ccc(/N=c2\[nH]c(=O)n(C[C@H](O)CO)c(=O)n2CC2C=CC(Cl)=CC2)cc1Cl. The number of hydrogen-bond donors (Lipinski definition) is 3. The van der Waals surface area contributed by atoms with E-state index in [0.29, 0.717) is 34.5 Å². The molecule has 1 aliphatic rings. The number of aliphatic hydroxyl groups is 2. The third-order valence-electron chi connectivity index (χ3n) is 4.80. The van der Waals surface area contributed by atoms with Gasteiger partial charge < -0.3 is 14.9 Å². The summed E-state index contributed by atoms with van der Waals surface area (Å²) >= 11 is 12.2. The number of ether oxygens (including phenoxy) is 1. The molecule has 1 unspecified atom stereocenters. The Morgan fingerprint density at radius 3 is 2.72 bits per heavy atom. The van der Waals surface area contributed by atoms with E-state index in [-0.39, 0.29) is 24.6 Å². The number of aromatic nitrogens is 3. The average molecular weight is 483 g/mol. The zero-order chi connectivity index (χ0) is 23.3. The van der Waals surface area contributed by atoms with E-state index in [1.807, 2.05) is 19.1 Å². The first-order valence-electron chi connectivity index (χ1n) is 10.1. The highest BCUT2D eigenvalue weighted by atomic mass is 35.5. The summed E-state index contributed by atoms with van der Waals surface area (Å²) in [4.78, 5) is 32.7. The largest absolute Gasteiger partial charge is 0.492 e. The van der Waals surface area contributed by atoms with E-state index in [0.717, 1.165) is 4.57 Å². The van der Waals surface area contributed by atoms with Gasteiger partial charge in [0, 0.05) is 11.6 Å². The molecule has 32 heavy (non-hydrogen) atoms. The molecule has 0 bridgehead atoms. The van der Waals surface area contributed by atoms with Crippen LogP contribution in [0, 0.1) is 5.92 Å². The van der Waals surface area contributed by atoms with E-state index in [2.05, 4.69) is 9.98 Å². The highest BCUT2D eigenvalue weighted by molar-refractivity contribution is 6.32. The molecule has 0 amide bonds. The van der Waals surface area contributed by atoms with E-state index >= 15 is 0 Å². The molecule has 1 aromatic carbocycles. The zero-order valence-corrected chi connectivity index (χ0v) is 18.9. The number of allylic oxidation sites excluding steroid dienone is 4. The lowest BCUT2D eigenvalue weighted by Crippen LogP contribution is -2.52. The minimum absolute atomic E-state index is 0.0315. The molecule has 0 aliphatic heterocycles. The Labute approximate surface area is 193 Å². The van der Waals surface area contributed by atoms with Crippen molar-refractivity contribution in [3.63, 3.8) is 0 Å². The summed E-state index contributed by atoms with van der Waals surface area (Å²) in [5.41, 5.74) is -0.968. The smallest absolute Gasteiger partial charge is 0.335 e. The Morgan fingerprint density at radius 2 is 2.09 bits per heavy atom. The molecule has 9 nitrogen and oxygen atoms in total. The van der Waals surface area contributed by atoms with Crippen LogP contribution in [0.5, 0.6) is 5.75 Å². The Kier molecular flexibility index (Phi) is 8.14. The molecule has 3 rings (SSSR count). The molecule has 1 aliphatic carbocycles. The second-order valence-corrected chi connectivity index (χ2v) is 8.04. The van der Waals surface area contributed by atoms with Gasteiger partial charge in [0.1, 0.15) is 5.75 Å². The number of aromatic amines is 1. The summed E-state index contributed by atoms with van der Waals surface area (Å²) in [5, 5.41) is 19.8. The van der Waals surface area contributed by atoms with Gasteiger partial charge in [-0.1, -0.05) is 35.4 Å². The van der Waals surface area contributed by atoms with Gasteiger partial charge in [0.15, 0.2) is 0 Å². The van der Waals surface area contributed by atoms with Gasteiger partial charge in [-0.3, -0.25) is 9.55 Å². The maximum atomic E-state index is 13.1. The number of benzene rings is 1. The van der Waals surface area contributed by atoms with E-state index in [9.17, 15) is 14.7 Å². The molecule has 1 aromatic heterocycles. The van der Waals surface area contributed by atoms with Gasteiger partial charge >= 0.3 is 11.4 Å². The first-order valence-corrected chi connectivity index (χ1v) is 10.8. The summed E-state index contributed by atoms with van der Waals surface area (Å²) in [7, 11) is 0. The minimum Gasteiger partial charge on any atom is -0.492 e. The van der Waals surface area contributed by atoms with Crippen LogP contribution in [-0.2, 0) is 13.1 Å². The van der Waals surface area contributed by atoms with Crippen molar-refractivity contribution in [2.24, 2.45) is 10.9 Å². The maximum Gasteiger partial charge on any atom is 0.335 e. The predicted molar refractivity (Wildman–Crippen MR) is 121 cm³/mol. The van der Waals surface area contributed by atoms with Crippen LogP contribution < -0.4 is 21.7 Å². The van der Waals surface area contributed by atoms with Crippen LogP contribution in [0.1, 0.15) is 13.3 Å². The second-order valence-electron chi connectivity index (χ2n) is 7.20. The number of nitrogens with one attached hydrogen (secondary N) is 1. The molecule has 0 spiro atoms. The van der Waals surface area contributed by atoms with Crippen LogP contribution in [0.3, 0.4) is 0 Å². The molecule has 2 aromatic rings.